The second-order valence-corrected chi connectivity index (χ2v) is 9.37. The van der Waals surface area contributed by atoms with E-state index in [0.717, 1.165) is 10.6 Å². The van der Waals surface area contributed by atoms with Crippen LogP contribution in [0.15, 0.2) is 82.1 Å². The van der Waals surface area contributed by atoms with Crippen LogP contribution in [-0.2, 0) is 29.3 Å². The lowest BCUT2D eigenvalue weighted by atomic mass is 10.1. The average Bonchev–Trinajstić information content (AvgIpc) is 3.04. The summed E-state index contributed by atoms with van der Waals surface area (Å²) in [6, 6.07) is 14.5. The number of imidazole rings is 1. The van der Waals surface area contributed by atoms with Gasteiger partial charge in [0.05, 0.1) is 28.0 Å². The molecule has 1 heterocycles. The topological polar surface area (TPSA) is 56.4 Å². The van der Waals surface area contributed by atoms with Crippen molar-refractivity contribution in [3.05, 3.63) is 95.4 Å². The first-order valence-electron chi connectivity index (χ1n) is 10.2. The third kappa shape index (κ3) is 5.30. The molecule has 0 spiro atoms. The highest BCUT2D eigenvalue weighted by atomic mass is 32.2. The summed E-state index contributed by atoms with van der Waals surface area (Å²) in [4.78, 5) is -0.277. The Balaban J connectivity index is 1.98. The first-order valence-corrected chi connectivity index (χ1v) is 11.7. The maximum atomic E-state index is 14.2. The van der Waals surface area contributed by atoms with E-state index in [1.54, 1.807) is 6.07 Å². The largest absolute Gasteiger partial charge is 0.419 e. The van der Waals surface area contributed by atoms with Gasteiger partial charge in [0.15, 0.2) is 0 Å². The quantitative estimate of drug-likeness (QED) is 0.320. The molecule has 13 heteroatoms. The molecule has 0 aliphatic carbocycles. The zero-order valence-corrected chi connectivity index (χ0v) is 18.9. The van der Waals surface area contributed by atoms with Gasteiger partial charge in [0.2, 0.25) is 5.62 Å². The van der Waals surface area contributed by atoms with E-state index in [4.69, 9.17) is 0 Å². The summed E-state index contributed by atoms with van der Waals surface area (Å²) in [5.41, 5.74) is -2.09. The molecule has 5 nitrogen and oxygen atoms in total. The second-order valence-electron chi connectivity index (χ2n) is 7.77. The fourth-order valence-corrected chi connectivity index (χ4v) is 4.71. The van der Waals surface area contributed by atoms with Gasteiger partial charge >= 0.3 is 12.4 Å². The number of rotatable bonds is 5. The fourth-order valence-electron chi connectivity index (χ4n) is 3.69. The Morgan fingerprint density at radius 3 is 1.92 bits per heavy atom. The van der Waals surface area contributed by atoms with E-state index < -0.39 is 52.5 Å². The Kier molecular flexibility index (Phi) is 6.45. The summed E-state index contributed by atoms with van der Waals surface area (Å²) >= 11 is 0. The van der Waals surface area contributed by atoms with Crippen LogP contribution in [-0.4, -0.2) is 23.7 Å². The molecule has 0 fully saturated rings. The lowest BCUT2D eigenvalue weighted by Crippen LogP contribution is -2.32. The second kappa shape index (κ2) is 9.12. The predicted octanol–water partition coefficient (Wildman–Crippen LogP) is 5.50. The smallest absolute Gasteiger partial charge is 0.305 e. The number of fused-ring (bicyclic) bond motifs is 1. The standard InChI is InChI=1S/C23H16F7N3O2S/c24-18-12-15(10-11-17(18)23(28,29)30)13-32-19-8-4-5-9-20(19)33(14-22(25,26)27)21(32)31-36(34,35)16-6-2-1-3-7-16/h1-12H,13-14H2. The van der Waals surface area contributed by atoms with Gasteiger partial charge in [-0.15, -0.1) is 4.40 Å². The third-order valence-electron chi connectivity index (χ3n) is 5.21. The van der Waals surface area contributed by atoms with Gasteiger partial charge in [-0.1, -0.05) is 36.4 Å². The Labute approximate surface area is 199 Å². The maximum absolute atomic E-state index is 14.2. The minimum Gasteiger partial charge on any atom is -0.305 e. The van der Waals surface area contributed by atoms with E-state index in [2.05, 4.69) is 4.40 Å². The maximum Gasteiger partial charge on any atom is 0.419 e. The summed E-state index contributed by atoms with van der Waals surface area (Å²) in [7, 11) is -4.49. The normalized spacial score (nSPS) is 13.5. The molecule has 4 rings (SSSR count). The molecule has 0 atom stereocenters. The molecule has 1 aromatic heterocycles. The van der Waals surface area contributed by atoms with Crippen LogP contribution in [0.3, 0.4) is 0 Å². The SMILES string of the molecule is O=S(=O)(N=c1n(Cc2ccc(C(F)(F)F)c(F)c2)c2ccccc2n1CC(F)(F)F)c1ccccc1. The minimum absolute atomic E-state index is 0.0239. The van der Waals surface area contributed by atoms with Gasteiger partial charge in [-0.05, 0) is 42.0 Å². The van der Waals surface area contributed by atoms with E-state index in [9.17, 15) is 39.2 Å². The van der Waals surface area contributed by atoms with E-state index in [1.165, 1.54) is 48.5 Å². The number of benzene rings is 3. The Morgan fingerprint density at radius 2 is 1.36 bits per heavy atom. The Bertz CT molecular complexity index is 1590. The van der Waals surface area contributed by atoms with Gasteiger partial charge in [0.1, 0.15) is 12.4 Å². The van der Waals surface area contributed by atoms with Crippen LogP contribution in [0.5, 0.6) is 0 Å². The first-order chi connectivity index (χ1) is 16.8. The minimum atomic E-state index is -4.94. The van der Waals surface area contributed by atoms with Crippen LogP contribution in [0.1, 0.15) is 11.1 Å². The number of halogens is 7. The van der Waals surface area contributed by atoms with E-state index in [0.29, 0.717) is 16.7 Å². The zero-order chi connectivity index (χ0) is 26.3. The van der Waals surface area contributed by atoms with Gasteiger partial charge in [-0.3, -0.25) is 0 Å². The Morgan fingerprint density at radius 1 is 0.778 bits per heavy atom. The highest BCUT2D eigenvalue weighted by molar-refractivity contribution is 7.90. The molecule has 0 saturated heterocycles. The number of sulfonamides is 1. The van der Waals surface area contributed by atoms with Crippen molar-refractivity contribution in [1.82, 2.24) is 9.13 Å². The summed E-state index contributed by atoms with van der Waals surface area (Å²) in [5.74, 6) is -1.57. The first kappa shape index (κ1) is 25.5. The number of hydrogen-bond donors (Lipinski definition) is 0. The molecule has 190 valence electrons. The lowest BCUT2D eigenvalue weighted by molar-refractivity contribution is -0.141. The molecule has 36 heavy (non-hydrogen) atoms. The molecule has 0 bridgehead atoms. The van der Waals surface area contributed by atoms with E-state index in [1.807, 2.05) is 0 Å². The predicted molar refractivity (Wildman–Crippen MR) is 116 cm³/mol. The molecule has 0 N–H and O–H groups in total. The molecule has 0 unspecified atom stereocenters. The summed E-state index contributed by atoms with van der Waals surface area (Å²) in [6.07, 6.45) is -9.70. The van der Waals surface area contributed by atoms with Crippen molar-refractivity contribution in [2.75, 3.05) is 0 Å². The molecular formula is C23H16F7N3O2S. The molecule has 0 aliphatic heterocycles. The molecule has 0 aliphatic rings. The van der Waals surface area contributed by atoms with E-state index in [-0.39, 0.29) is 21.5 Å². The molecule has 4 aromatic rings. The van der Waals surface area contributed by atoms with Crippen LogP contribution in [0.2, 0.25) is 0 Å². The van der Waals surface area contributed by atoms with Gasteiger partial charge in [0.25, 0.3) is 10.0 Å². The zero-order valence-electron chi connectivity index (χ0n) is 18.1. The van der Waals surface area contributed by atoms with Crippen molar-refractivity contribution >= 4 is 21.1 Å². The summed E-state index contributed by atoms with van der Waals surface area (Å²) in [6.45, 7) is -2.05. The number of para-hydroxylation sites is 2. The number of hydrogen-bond acceptors (Lipinski definition) is 2. The molecule has 0 amide bonds. The van der Waals surface area contributed by atoms with Crippen LogP contribution < -0.4 is 5.62 Å². The highest BCUT2D eigenvalue weighted by Crippen LogP contribution is 2.32. The van der Waals surface area contributed by atoms with Crippen LogP contribution in [0, 0.1) is 5.82 Å². The molecule has 0 radical (unpaired) electrons. The molecular weight excluding hydrogens is 515 g/mol. The summed E-state index contributed by atoms with van der Waals surface area (Å²) < 4.78 is 125. The molecule has 0 saturated carbocycles. The van der Waals surface area contributed by atoms with Crippen molar-refractivity contribution in [2.24, 2.45) is 4.40 Å². The van der Waals surface area contributed by atoms with Crippen molar-refractivity contribution in [1.29, 1.82) is 0 Å². The third-order valence-corrected chi connectivity index (χ3v) is 6.48. The van der Waals surface area contributed by atoms with Gasteiger partial charge < -0.3 is 9.13 Å². The Hall–Kier alpha value is -3.61. The van der Waals surface area contributed by atoms with Crippen molar-refractivity contribution in [3.63, 3.8) is 0 Å². The number of alkyl halides is 6. The monoisotopic (exact) mass is 531 g/mol. The average molecular weight is 531 g/mol. The van der Waals surface area contributed by atoms with Crippen molar-refractivity contribution in [2.45, 2.75) is 30.3 Å². The van der Waals surface area contributed by atoms with Crippen molar-refractivity contribution < 1.29 is 39.2 Å². The van der Waals surface area contributed by atoms with Gasteiger partial charge in [0, 0.05) is 0 Å². The van der Waals surface area contributed by atoms with Gasteiger partial charge in [-0.25, -0.2) is 4.39 Å². The van der Waals surface area contributed by atoms with Crippen LogP contribution in [0.25, 0.3) is 11.0 Å². The lowest BCUT2D eigenvalue weighted by Gasteiger charge is -2.11. The van der Waals surface area contributed by atoms with Crippen LogP contribution >= 0.6 is 0 Å². The fraction of sp³-hybridized carbons (Fsp3) is 0.174. The summed E-state index contributed by atoms with van der Waals surface area (Å²) in [5, 5.41) is 0. The number of aromatic nitrogens is 2. The van der Waals surface area contributed by atoms with Gasteiger partial charge in [-0.2, -0.15) is 34.8 Å². The van der Waals surface area contributed by atoms with Crippen molar-refractivity contribution in [3.8, 4) is 0 Å². The highest BCUT2D eigenvalue weighted by Gasteiger charge is 2.34. The number of nitrogens with zero attached hydrogens (tertiary/aromatic N) is 3. The van der Waals surface area contributed by atoms with Crippen LogP contribution in [0.4, 0.5) is 30.7 Å². The van der Waals surface area contributed by atoms with E-state index >= 15 is 0 Å². The molecule has 3 aromatic carbocycles.